The first-order chi connectivity index (χ1) is 9.44. The third-order valence-electron chi connectivity index (χ3n) is 3.98. The van der Waals surface area contributed by atoms with E-state index in [9.17, 15) is 12.8 Å². The average molecular weight is 355 g/mol. The van der Waals surface area contributed by atoms with Crippen LogP contribution >= 0.6 is 24.0 Å². The monoisotopic (exact) mass is 354 g/mol. The van der Waals surface area contributed by atoms with Crippen molar-refractivity contribution in [3.8, 4) is 0 Å². The van der Waals surface area contributed by atoms with Crippen LogP contribution in [0, 0.1) is 5.82 Å². The number of sulfonamides is 1. The molecule has 4 nitrogen and oxygen atoms in total. The Bertz CT molecular complexity index is 615. The summed E-state index contributed by atoms with van der Waals surface area (Å²) in [7, 11) is -3.87. The van der Waals surface area contributed by atoms with Crippen LogP contribution in [0.15, 0.2) is 23.1 Å². The summed E-state index contributed by atoms with van der Waals surface area (Å²) in [5.74, 6) is -0.779. The summed E-state index contributed by atoms with van der Waals surface area (Å²) in [4.78, 5) is -0.379. The number of benzene rings is 1. The second-order valence-corrected chi connectivity index (χ2v) is 7.62. The molecule has 0 radical (unpaired) electrons. The van der Waals surface area contributed by atoms with Gasteiger partial charge in [-0.1, -0.05) is 11.6 Å². The third kappa shape index (κ3) is 3.68. The molecule has 0 saturated carbocycles. The van der Waals surface area contributed by atoms with Gasteiger partial charge in [0.2, 0.25) is 10.0 Å². The van der Waals surface area contributed by atoms with Crippen LogP contribution in [0.1, 0.15) is 25.7 Å². The molecule has 1 aromatic carbocycles. The van der Waals surface area contributed by atoms with E-state index in [4.69, 9.17) is 11.6 Å². The second-order valence-electron chi connectivity index (χ2n) is 5.50. The maximum Gasteiger partial charge on any atom is 0.243 e. The fourth-order valence-corrected chi connectivity index (χ4v) is 4.72. The first kappa shape index (κ1) is 17.0. The molecule has 2 N–H and O–H groups in total. The van der Waals surface area contributed by atoms with E-state index in [1.807, 2.05) is 0 Å². The fourth-order valence-electron chi connectivity index (χ4n) is 3.12. The fraction of sp³-hybridized carbons (Fsp3) is 0.538. The van der Waals surface area contributed by atoms with Crippen LogP contribution < -0.4 is 10.0 Å². The van der Waals surface area contributed by atoms with Gasteiger partial charge >= 0.3 is 0 Å². The minimum atomic E-state index is -3.87. The molecule has 2 heterocycles. The lowest BCUT2D eigenvalue weighted by Gasteiger charge is -2.29. The Hall–Kier alpha value is -0.400. The van der Waals surface area contributed by atoms with Crippen molar-refractivity contribution < 1.29 is 12.8 Å². The van der Waals surface area contributed by atoms with Crippen LogP contribution in [-0.2, 0) is 10.0 Å². The predicted octanol–water partition coefficient (Wildman–Crippen LogP) is 2.46. The zero-order valence-corrected chi connectivity index (χ0v) is 13.6. The molecule has 8 heteroatoms. The molecular weight excluding hydrogens is 338 g/mol. The van der Waals surface area contributed by atoms with Gasteiger partial charge in [0, 0.05) is 23.1 Å². The van der Waals surface area contributed by atoms with Crippen molar-refractivity contribution in [3.05, 3.63) is 29.0 Å². The lowest BCUT2D eigenvalue weighted by molar-refractivity contribution is 0.345. The van der Waals surface area contributed by atoms with Gasteiger partial charge in [0.05, 0.1) is 0 Å². The number of rotatable bonds is 3. The first-order valence-electron chi connectivity index (χ1n) is 6.67. The van der Waals surface area contributed by atoms with E-state index in [1.54, 1.807) is 0 Å². The standard InChI is InChI=1S/C13H16ClFN2O2S.ClH/c14-8-1-4-12(15)13(5-8)20(18,19)17-11-6-9-2-3-10(7-11)16-9;/h1,4-5,9-11,16-17H,2-3,6-7H2;1H. The quantitative estimate of drug-likeness (QED) is 0.876. The topological polar surface area (TPSA) is 58.2 Å². The summed E-state index contributed by atoms with van der Waals surface area (Å²) in [6.45, 7) is 0. The van der Waals surface area contributed by atoms with Gasteiger partial charge in [-0.25, -0.2) is 17.5 Å². The second kappa shape index (κ2) is 6.38. The SMILES string of the molecule is Cl.O=S(=O)(NC1CC2CCC(C1)N2)c1cc(Cl)ccc1F. The number of fused-ring (bicyclic) bond motifs is 2. The number of hydrogen-bond donors (Lipinski definition) is 2. The van der Waals surface area contributed by atoms with Crippen LogP contribution in [0.3, 0.4) is 0 Å². The molecule has 21 heavy (non-hydrogen) atoms. The summed E-state index contributed by atoms with van der Waals surface area (Å²) in [6, 6.07) is 4.15. The molecule has 0 aromatic heterocycles. The zero-order valence-electron chi connectivity index (χ0n) is 11.2. The maximum absolute atomic E-state index is 13.7. The number of hydrogen-bond acceptors (Lipinski definition) is 3. The van der Waals surface area contributed by atoms with E-state index in [1.165, 1.54) is 6.07 Å². The van der Waals surface area contributed by atoms with Crippen molar-refractivity contribution in [2.45, 2.75) is 48.7 Å². The smallest absolute Gasteiger partial charge is 0.243 e. The van der Waals surface area contributed by atoms with Gasteiger partial charge in [0.1, 0.15) is 10.7 Å². The Morgan fingerprint density at radius 3 is 2.48 bits per heavy atom. The maximum atomic E-state index is 13.7. The molecule has 2 atom stereocenters. The summed E-state index contributed by atoms with van der Waals surface area (Å²) in [5.41, 5.74) is 0. The Balaban J connectivity index is 0.00000161. The van der Waals surface area contributed by atoms with Crippen LogP contribution in [0.25, 0.3) is 0 Å². The highest BCUT2D eigenvalue weighted by molar-refractivity contribution is 7.89. The molecule has 2 bridgehead atoms. The summed E-state index contributed by atoms with van der Waals surface area (Å²) >= 11 is 5.75. The average Bonchev–Trinajstić information content (AvgIpc) is 2.71. The molecule has 2 unspecified atom stereocenters. The van der Waals surface area contributed by atoms with Crippen molar-refractivity contribution in [2.24, 2.45) is 0 Å². The van der Waals surface area contributed by atoms with E-state index >= 15 is 0 Å². The lowest BCUT2D eigenvalue weighted by atomic mass is 10.0. The van der Waals surface area contributed by atoms with Crippen LogP contribution in [-0.4, -0.2) is 26.5 Å². The normalized spacial score (nSPS) is 28.2. The molecule has 2 fully saturated rings. The first-order valence-corrected chi connectivity index (χ1v) is 8.53. The van der Waals surface area contributed by atoms with Crippen LogP contribution in [0.5, 0.6) is 0 Å². The Morgan fingerprint density at radius 2 is 1.86 bits per heavy atom. The van der Waals surface area contributed by atoms with E-state index in [0.29, 0.717) is 12.1 Å². The van der Waals surface area contributed by atoms with Gasteiger partial charge in [-0.15, -0.1) is 12.4 Å². The molecular formula is C13H17Cl2FN2O2S. The Morgan fingerprint density at radius 1 is 1.24 bits per heavy atom. The molecule has 2 saturated heterocycles. The van der Waals surface area contributed by atoms with Gasteiger partial charge in [-0.2, -0.15) is 0 Å². The van der Waals surface area contributed by atoms with E-state index in [-0.39, 0.29) is 28.4 Å². The number of piperidine rings is 1. The number of nitrogens with one attached hydrogen (secondary N) is 2. The van der Waals surface area contributed by atoms with Crippen molar-refractivity contribution in [3.63, 3.8) is 0 Å². The van der Waals surface area contributed by atoms with E-state index in [2.05, 4.69) is 10.0 Å². The molecule has 0 amide bonds. The Labute approximate surface area is 134 Å². The van der Waals surface area contributed by atoms with Crippen molar-refractivity contribution >= 4 is 34.0 Å². The molecule has 0 spiro atoms. The minimum Gasteiger partial charge on any atom is -0.311 e. The van der Waals surface area contributed by atoms with Gasteiger partial charge in [0.25, 0.3) is 0 Å². The largest absolute Gasteiger partial charge is 0.311 e. The molecule has 1 aromatic rings. The summed E-state index contributed by atoms with van der Waals surface area (Å²) in [5, 5.41) is 3.64. The van der Waals surface area contributed by atoms with E-state index < -0.39 is 15.8 Å². The van der Waals surface area contributed by atoms with Crippen molar-refractivity contribution in [1.82, 2.24) is 10.0 Å². The van der Waals surface area contributed by atoms with Crippen molar-refractivity contribution in [1.29, 1.82) is 0 Å². The summed E-state index contributed by atoms with van der Waals surface area (Å²) in [6.07, 6.45) is 3.65. The molecule has 2 aliphatic rings. The van der Waals surface area contributed by atoms with Gasteiger partial charge in [-0.3, -0.25) is 0 Å². The highest BCUT2D eigenvalue weighted by Gasteiger charge is 2.35. The van der Waals surface area contributed by atoms with Crippen LogP contribution in [0.4, 0.5) is 4.39 Å². The highest BCUT2D eigenvalue weighted by Crippen LogP contribution is 2.28. The van der Waals surface area contributed by atoms with Crippen molar-refractivity contribution in [2.75, 3.05) is 0 Å². The molecule has 118 valence electrons. The minimum absolute atomic E-state index is 0. The van der Waals surface area contributed by atoms with Crippen LogP contribution in [0.2, 0.25) is 5.02 Å². The molecule has 3 rings (SSSR count). The predicted molar refractivity (Wildman–Crippen MR) is 81.9 cm³/mol. The van der Waals surface area contributed by atoms with Gasteiger partial charge in [0.15, 0.2) is 0 Å². The number of halogens is 3. The molecule has 2 aliphatic heterocycles. The van der Waals surface area contributed by atoms with Gasteiger partial charge < -0.3 is 5.32 Å². The van der Waals surface area contributed by atoms with E-state index in [0.717, 1.165) is 37.8 Å². The Kier molecular flexibility index (Phi) is 5.15. The summed E-state index contributed by atoms with van der Waals surface area (Å²) < 4.78 is 40.9. The molecule has 0 aliphatic carbocycles. The highest BCUT2D eigenvalue weighted by atomic mass is 35.5. The zero-order chi connectivity index (χ0) is 14.3. The van der Waals surface area contributed by atoms with Gasteiger partial charge in [-0.05, 0) is 43.9 Å². The lowest BCUT2D eigenvalue weighted by Crippen LogP contribution is -2.48. The third-order valence-corrected chi connectivity index (χ3v) is 5.75.